The van der Waals surface area contributed by atoms with Gasteiger partial charge in [0.2, 0.25) is 11.5 Å². The maximum atomic E-state index is 14.2. The number of halogens is 4. The predicted octanol–water partition coefficient (Wildman–Crippen LogP) is 2.99. The molecule has 6 rings (SSSR count). The molecule has 6 heterocycles. The lowest BCUT2D eigenvalue weighted by Crippen LogP contribution is -2.77. The lowest BCUT2D eigenvalue weighted by molar-refractivity contribution is -0.990. The molecule has 4 aromatic heterocycles. The monoisotopic (exact) mass is 457 g/mol. The summed E-state index contributed by atoms with van der Waals surface area (Å²) in [6.45, 7) is 7.93. The zero-order chi connectivity index (χ0) is 23.5. The van der Waals surface area contributed by atoms with Gasteiger partial charge in [0.15, 0.2) is 23.8 Å². The predicted molar refractivity (Wildman–Crippen MR) is 106 cm³/mol. The Morgan fingerprint density at radius 3 is 2.30 bits per heavy atom. The van der Waals surface area contributed by atoms with Crippen LogP contribution in [0.1, 0.15) is 37.9 Å². The molecule has 0 fully saturated rings. The van der Waals surface area contributed by atoms with Crippen molar-refractivity contribution < 1.29 is 26.7 Å². The second-order valence-corrected chi connectivity index (χ2v) is 9.34. The molecule has 0 bridgehead atoms. The molecule has 0 radical (unpaired) electrons. The quantitative estimate of drug-likeness (QED) is 0.260. The van der Waals surface area contributed by atoms with Gasteiger partial charge in [-0.25, -0.2) is 9.37 Å². The number of pyridine rings is 2. The molecule has 7 nitrogen and oxygen atoms in total. The zero-order valence-electron chi connectivity index (χ0n) is 18.2. The molecular weight excluding hydrogens is 438 g/mol. The fourth-order valence-corrected chi connectivity index (χ4v) is 4.67. The van der Waals surface area contributed by atoms with E-state index in [4.69, 9.17) is 0 Å². The van der Waals surface area contributed by atoms with E-state index in [0.29, 0.717) is 17.3 Å². The number of rotatable bonds is 0. The summed E-state index contributed by atoms with van der Waals surface area (Å²) >= 11 is 0. The summed E-state index contributed by atoms with van der Waals surface area (Å²) in [6.07, 6.45) is -1.38. The van der Waals surface area contributed by atoms with Crippen molar-refractivity contribution in [1.82, 2.24) is 24.5 Å². The van der Waals surface area contributed by atoms with Crippen LogP contribution in [0.3, 0.4) is 0 Å². The number of nitrogens with zero attached hydrogens (tertiary/aromatic N) is 7. The van der Waals surface area contributed by atoms with Crippen molar-refractivity contribution in [3.63, 3.8) is 0 Å². The lowest BCUT2D eigenvalue weighted by Gasteiger charge is -2.19. The lowest BCUT2D eigenvalue weighted by atomic mass is 9.87. The van der Waals surface area contributed by atoms with Gasteiger partial charge in [-0.3, -0.25) is 0 Å². The SMILES string of the molecule is Cc1nc2n(n1)C1(n3nc(C(F)(F)F)cc3-c3cc(F)cc[n+]31)[n+]1ccc(C(C)(C)C)cc1-2. The molecule has 0 N–H and O–H groups in total. The third kappa shape index (κ3) is 2.42. The van der Waals surface area contributed by atoms with Crippen LogP contribution in [0.2, 0.25) is 0 Å². The summed E-state index contributed by atoms with van der Waals surface area (Å²) in [4.78, 5) is 4.57. The Labute approximate surface area is 185 Å². The topological polar surface area (TPSA) is 56.3 Å². The largest absolute Gasteiger partial charge is 0.584 e. The Bertz CT molecular complexity index is 1480. The van der Waals surface area contributed by atoms with E-state index in [-0.39, 0.29) is 16.8 Å². The number of fused-ring (bicyclic) bond motifs is 10. The second kappa shape index (κ2) is 5.83. The van der Waals surface area contributed by atoms with E-state index >= 15 is 0 Å². The van der Waals surface area contributed by atoms with Crippen molar-refractivity contribution in [3.05, 3.63) is 65.6 Å². The molecule has 0 aliphatic carbocycles. The number of aryl methyl sites for hydroxylation is 1. The van der Waals surface area contributed by atoms with Crippen LogP contribution in [0.15, 0.2) is 42.7 Å². The van der Waals surface area contributed by atoms with Gasteiger partial charge >= 0.3 is 12.1 Å². The fourth-order valence-electron chi connectivity index (χ4n) is 4.67. The first-order chi connectivity index (χ1) is 15.4. The first-order valence-electron chi connectivity index (χ1n) is 10.3. The zero-order valence-corrected chi connectivity index (χ0v) is 18.2. The molecule has 0 saturated carbocycles. The van der Waals surface area contributed by atoms with Crippen molar-refractivity contribution in [2.75, 3.05) is 0 Å². The second-order valence-electron chi connectivity index (χ2n) is 9.34. The van der Waals surface area contributed by atoms with Gasteiger partial charge < -0.3 is 0 Å². The van der Waals surface area contributed by atoms with Gasteiger partial charge in [0.1, 0.15) is 11.6 Å². The highest BCUT2D eigenvalue weighted by atomic mass is 19.4. The fraction of sp³-hybridized carbons (Fsp3) is 0.318. The third-order valence-electron chi connectivity index (χ3n) is 6.16. The van der Waals surface area contributed by atoms with Crippen LogP contribution < -0.4 is 9.13 Å². The molecule has 168 valence electrons. The van der Waals surface area contributed by atoms with Gasteiger partial charge in [-0.05, 0) is 17.9 Å². The molecule has 1 atom stereocenters. The standard InChI is InChI=1S/C22H19F4N7/c1-12-27-19-17-9-13(20(2,3)4)5-7-31(17)22(33(19)28-12)30-8-6-14(23)10-15(30)16-11-18(21(24,25)26)29-32(16)22/h5-11H,1-4H3/q+2. The highest BCUT2D eigenvalue weighted by Crippen LogP contribution is 2.40. The Balaban J connectivity index is 1.77. The maximum absolute atomic E-state index is 14.2. The number of hydrogen-bond donors (Lipinski definition) is 0. The van der Waals surface area contributed by atoms with Crippen LogP contribution in [0.5, 0.6) is 0 Å². The van der Waals surface area contributed by atoms with Crippen LogP contribution in [0.25, 0.3) is 22.9 Å². The minimum atomic E-state index is -4.67. The molecule has 2 aliphatic heterocycles. The van der Waals surface area contributed by atoms with Gasteiger partial charge in [-0.2, -0.15) is 18.3 Å². The molecule has 1 spiro atoms. The molecule has 33 heavy (non-hydrogen) atoms. The van der Waals surface area contributed by atoms with Gasteiger partial charge in [0, 0.05) is 30.3 Å². The van der Waals surface area contributed by atoms with Gasteiger partial charge in [-0.15, -0.1) is 9.78 Å². The van der Waals surface area contributed by atoms with Crippen molar-refractivity contribution in [3.8, 4) is 22.9 Å². The van der Waals surface area contributed by atoms with E-state index in [1.54, 1.807) is 26.9 Å². The summed E-state index contributed by atoms with van der Waals surface area (Å²) in [5, 5.41) is 8.51. The third-order valence-corrected chi connectivity index (χ3v) is 6.16. The maximum Gasteiger partial charge on any atom is 0.584 e. The minimum Gasteiger partial charge on any atom is -0.206 e. The van der Waals surface area contributed by atoms with Crippen molar-refractivity contribution in [1.29, 1.82) is 0 Å². The molecule has 1 unspecified atom stereocenters. The summed E-state index contributed by atoms with van der Waals surface area (Å²) in [5.74, 6) is -1.12. The van der Waals surface area contributed by atoms with E-state index in [2.05, 4.69) is 36.0 Å². The summed E-state index contributed by atoms with van der Waals surface area (Å²) in [7, 11) is 0. The average Bonchev–Trinajstić information content (AvgIpc) is 3.42. The summed E-state index contributed by atoms with van der Waals surface area (Å²) in [6, 6.07) is 7.28. The van der Waals surface area contributed by atoms with Crippen molar-refractivity contribution >= 4 is 0 Å². The highest BCUT2D eigenvalue weighted by molar-refractivity contribution is 5.56. The van der Waals surface area contributed by atoms with Crippen molar-refractivity contribution in [2.24, 2.45) is 0 Å². The molecule has 4 aromatic rings. The van der Waals surface area contributed by atoms with Crippen LogP contribution in [0, 0.1) is 12.7 Å². The van der Waals surface area contributed by atoms with Crippen molar-refractivity contribution in [2.45, 2.75) is 45.2 Å². The average molecular weight is 457 g/mol. The molecule has 2 aliphatic rings. The molecule has 0 aromatic carbocycles. The molecule has 0 saturated heterocycles. The molecular formula is C22H19F4N7+2. The Kier molecular flexibility index (Phi) is 3.54. The number of hydrogen-bond acceptors (Lipinski definition) is 3. The Hall–Kier alpha value is -3.63. The van der Waals surface area contributed by atoms with E-state index < -0.39 is 23.6 Å². The number of alkyl halides is 3. The summed E-state index contributed by atoms with van der Waals surface area (Å²) in [5.41, 5.74) is 0.833. The van der Waals surface area contributed by atoms with Crippen LogP contribution >= 0.6 is 0 Å². The normalized spacial score (nSPS) is 18.4. The first kappa shape index (κ1) is 20.0. The van der Waals surface area contributed by atoms with E-state index in [0.717, 1.165) is 11.6 Å². The number of aromatic nitrogens is 7. The highest BCUT2D eigenvalue weighted by Gasteiger charge is 2.71. The van der Waals surface area contributed by atoms with Gasteiger partial charge in [0.25, 0.3) is 5.69 Å². The smallest absolute Gasteiger partial charge is 0.206 e. The Morgan fingerprint density at radius 1 is 0.909 bits per heavy atom. The first-order valence-corrected chi connectivity index (χ1v) is 10.3. The van der Waals surface area contributed by atoms with Crippen LogP contribution in [0.4, 0.5) is 17.6 Å². The Morgan fingerprint density at radius 2 is 1.61 bits per heavy atom. The van der Waals surface area contributed by atoms with Crippen LogP contribution in [-0.4, -0.2) is 24.5 Å². The summed E-state index contributed by atoms with van der Waals surface area (Å²) < 4.78 is 61.5. The molecule has 11 heteroatoms. The molecule has 0 amide bonds. The van der Waals surface area contributed by atoms with Gasteiger partial charge in [-0.1, -0.05) is 34.6 Å². The van der Waals surface area contributed by atoms with E-state index in [1.807, 2.05) is 12.1 Å². The van der Waals surface area contributed by atoms with E-state index in [1.165, 1.54) is 23.0 Å². The van der Waals surface area contributed by atoms with Gasteiger partial charge in [0.05, 0.1) is 0 Å². The van der Waals surface area contributed by atoms with E-state index in [9.17, 15) is 17.6 Å². The minimum absolute atomic E-state index is 0.126. The van der Waals surface area contributed by atoms with Crippen LogP contribution in [-0.2, 0) is 17.5 Å².